The van der Waals surface area contributed by atoms with Crippen molar-refractivity contribution in [1.82, 2.24) is 4.98 Å². The lowest BCUT2D eigenvalue weighted by atomic mass is 9.79. The number of benzene rings is 1. The van der Waals surface area contributed by atoms with Crippen molar-refractivity contribution in [2.45, 2.75) is 33.1 Å². The number of carbonyl (C=O) groups is 1. The number of ether oxygens (including phenoxy) is 1. The van der Waals surface area contributed by atoms with Crippen molar-refractivity contribution < 1.29 is 19.1 Å². The third-order valence-corrected chi connectivity index (χ3v) is 3.94. The smallest absolute Gasteiger partial charge is 0.310 e. The highest BCUT2D eigenvalue weighted by atomic mass is 16.5. The number of oxazole rings is 1. The number of para-hydroxylation sites is 1. The van der Waals surface area contributed by atoms with E-state index in [2.05, 4.69) is 4.98 Å². The zero-order valence-electron chi connectivity index (χ0n) is 12.0. The second-order valence-electron chi connectivity index (χ2n) is 4.88. The predicted octanol–water partition coefficient (Wildman–Crippen LogP) is 3.27. The molecular weight excluding hydrogens is 258 g/mol. The molecule has 0 aliphatic rings. The number of nitrogens with zero attached hydrogens (tertiary/aromatic N) is 1. The van der Waals surface area contributed by atoms with Gasteiger partial charge in [0.25, 0.3) is 0 Å². The average molecular weight is 277 g/mol. The molecule has 108 valence electrons. The lowest BCUT2D eigenvalue weighted by Gasteiger charge is -2.24. The van der Waals surface area contributed by atoms with Crippen LogP contribution < -0.4 is 4.74 Å². The fraction of sp³-hybridized carbons (Fsp3) is 0.467. The maximum atomic E-state index is 11.5. The van der Waals surface area contributed by atoms with Gasteiger partial charge in [-0.3, -0.25) is 4.79 Å². The van der Waals surface area contributed by atoms with Gasteiger partial charge in [-0.1, -0.05) is 19.9 Å². The molecule has 0 aliphatic carbocycles. The summed E-state index contributed by atoms with van der Waals surface area (Å²) in [6.45, 7) is 3.75. The fourth-order valence-electron chi connectivity index (χ4n) is 2.38. The van der Waals surface area contributed by atoms with Crippen molar-refractivity contribution >= 4 is 17.1 Å². The molecule has 0 fully saturated rings. The van der Waals surface area contributed by atoms with Crippen molar-refractivity contribution in [3.63, 3.8) is 0 Å². The quantitative estimate of drug-likeness (QED) is 0.877. The third kappa shape index (κ3) is 2.35. The molecule has 0 spiro atoms. The SMILES string of the molecule is CCC(CC)(Cc1nc2c(OC)cccc2o1)C(=O)O. The summed E-state index contributed by atoms with van der Waals surface area (Å²) in [6, 6.07) is 5.42. The molecule has 2 rings (SSSR count). The number of methoxy groups -OCH3 is 1. The lowest BCUT2D eigenvalue weighted by molar-refractivity contribution is -0.149. The minimum atomic E-state index is -0.825. The predicted molar refractivity (Wildman–Crippen MR) is 74.9 cm³/mol. The van der Waals surface area contributed by atoms with Crippen LogP contribution in [0.25, 0.3) is 11.1 Å². The Kier molecular flexibility index (Phi) is 3.97. The molecule has 0 saturated carbocycles. The summed E-state index contributed by atoms with van der Waals surface area (Å²) in [6.07, 6.45) is 1.36. The molecule has 20 heavy (non-hydrogen) atoms. The maximum absolute atomic E-state index is 11.5. The van der Waals surface area contributed by atoms with E-state index >= 15 is 0 Å². The second kappa shape index (κ2) is 5.53. The first-order chi connectivity index (χ1) is 9.56. The number of hydrogen-bond acceptors (Lipinski definition) is 4. The topological polar surface area (TPSA) is 72.6 Å². The Hall–Kier alpha value is -2.04. The molecule has 0 amide bonds. The van der Waals surface area contributed by atoms with E-state index in [0.29, 0.717) is 35.6 Å². The van der Waals surface area contributed by atoms with Crippen molar-refractivity contribution in [3.8, 4) is 5.75 Å². The number of fused-ring (bicyclic) bond motifs is 1. The molecule has 0 atom stereocenters. The largest absolute Gasteiger partial charge is 0.494 e. The van der Waals surface area contributed by atoms with Gasteiger partial charge < -0.3 is 14.3 Å². The monoisotopic (exact) mass is 277 g/mol. The van der Waals surface area contributed by atoms with Crippen LogP contribution in [-0.4, -0.2) is 23.2 Å². The van der Waals surface area contributed by atoms with Gasteiger partial charge in [-0.2, -0.15) is 0 Å². The van der Waals surface area contributed by atoms with Crippen LogP contribution in [0.15, 0.2) is 22.6 Å². The highest BCUT2D eigenvalue weighted by Gasteiger charge is 2.36. The Labute approximate surface area is 117 Å². The van der Waals surface area contributed by atoms with Gasteiger partial charge in [-0.05, 0) is 25.0 Å². The van der Waals surface area contributed by atoms with Gasteiger partial charge in [0.15, 0.2) is 17.0 Å². The van der Waals surface area contributed by atoms with Crippen LogP contribution in [0.3, 0.4) is 0 Å². The summed E-state index contributed by atoms with van der Waals surface area (Å²) in [7, 11) is 1.57. The van der Waals surface area contributed by atoms with E-state index in [0.717, 1.165) is 0 Å². The Morgan fingerprint density at radius 1 is 1.40 bits per heavy atom. The van der Waals surface area contributed by atoms with Crippen LogP contribution in [0.5, 0.6) is 5.75 Å². The number of hydrogen-bond donors (Lipinski definition) is 1. The van der Waals surface area contributed by atoms with E-state index in [1.165, 1.54) is 0 Å². The normalized spacial score (nSPS) is 11.8. The average Bonchev–Trinajstić information content (AvgIpc) is 2.86. The third-order valence-electron chi connectivity index (χ3n) is 3.94. The number of aromatic nitrogens is 1. The number of rotatable bonds is 6. The first-order valence-electron chi connectivity index (χ1n) is 6.72. The van der Waals surface area contributed by atoms with Gasteiger partial charge in [-0.15, -0.1) is 0 Å². The molecular formula is C15H19NO4. The first-order valence-corrected chi connectivity index (χ1v) is 6.72. The Bertz CT molecular complexity index is 613. The van der Waals surface area contributed by atoms with Crippen LogP contribution in [0.2, 0.25) is 0 Å². The van der Waals surface area contributed by atoms with Crippen molar-refractivity contribution in [3.05, 3.63) is 24.1 Å². The van der Waals surface area contributed by atoms with E-state index in [9.17, 15) is 9.90 Å². The molecule has 0 unspecified atom stereocenters. The summed E-state index contributed by atoms with van der Waals surface area (Å²) in [5, 5.41) is 9.47. The van der Waals surface area contributed by atoms with Crippen LogP contribution in [-0.2, 0) is 11.2 Å². The van der Waals surface area contributed by atoms with Gasteiger partial charge in [0.05, 0.1) is 12.5 Å². The van der Waals surface area contributed by atoms with E-state index in [4.69, 9.17) is 9.15 Å². The van der Waals surface area contributed by atoms with Crippen LogP contribution in [0.1, 0.15) is 32.6 Å². The van der Waals surface area contributed by atoms with Gasteiger partial charge in [0.1, 0.15) is 5.75 Å². The highest BCUT2D eigenvalue weighted by Crippen LogP contribution is 2.33. The fourth-order valence-corrected chi connectivity index (χ4v) is 2.38. The number of carboxylic acids is 1. The molecule has 5 nitrogen and oxygen atoms in total. The summed E-state index contributed by atoms with van der Waals surface area (Å²) >= 11 is 0. The standard InChI is InChI=1S/C15H19NO4/c1-4-15(5-2,14(17)18)9-12-16-13-10(19-3)7-6-8-11(13)20-12/h6-8H,4-5,9H2,1-3H3,(H,17,18). The minimum Gasteiger partial charge on any atom is -0.494 e. The van der Waals surface area contributed by atoms with Crippen LogP contribution in [0, 0.1) is 5.41 Å². The van der Waals surface area contributed by atoms with E-state index in [1.807, 2.05) is 19.9 Å². The summed E-state index contributed by atoms with van der Waals surface area (Å²) in [5.74, 6) is 0.263. The lowest BCUT2D eigenvalue weighted by Crippen LogP contribution is -2.32. The zero-order chi connectivity index (χ0) is 14.8. The molecule has 1 aromatic heterocycles. The number of aliphatic carboxylic acids is 1. The molecule has 1 N–H and O–H groups in total. The van der Waals surface area contributed by atoms with Crippen molar-refractivity contribution in [2.75, 3.05) is 7.11 Å². The second-order valence-corrected chi connectivity index (χ2v) is 4.88. The molecule has 5 heteroatoms. The maximum Gasteiger partial charge on any atom is 0.310 e. The van der Waals surface area contributed by atoms with Crippen molar-refractivity contribution in [2.24, 2.45) is 5.41 Å². The Balaban J connectivity index is 2.41. The minimum absolute atomic E-state index is 0.285. The number of carboxylic acid groups (broad SMARTS) is 1. The molecule has 0 bridgehead atoms. The summed E-state index contributed by atoms with van der Waals surface area (Å²) < 4.78 is 10.9. The van der Waals surface area contributed by atoms with E-state index < -0.39 is 11.4 Å². The summed E-state index contributed by atoms with van der Waals surface area (Å²) in [4.78, 5) is 15.9. The van der Waals surface area contributed by atoms with Gasteiger partial charge in [-0.25, -0.2) is 4.98 Å². The molecule has 1 heterocycles. The Morgan fingerprint density at radius 2 is 2.10 bits per heavy atom. The Morgan fingerprint density at radius 3 is 2.65 bits per heavy atom. The zero-order valence-corrected chi connectivity index (χ0v) is 12.0. The van der Waals surface area contributed by atoms with E-state index in [-0.39, 0.29) is 6.42 Å². The first kappa shape index (κ1) is 14.4. The van der Waals surface area contributed by atoms with Gasteiger partial charge in [0.2, 0.25) is 0 Å². The van der Waals surface area contributed by atoms with Crippen LogP contribution >= 0.6 is 0 Å². The van der Waals surface area contributed by atoms with Gasteiger partial charge >= 0.3 is 5.97 Å². The molecule has 0 radical (unpaired) electrons. The van der Waals surface area contributed by atoms with Crippen LogP contribution in [0.4, 0.5) is 0 Å². The summed E-state index contributed by atoms with van der Waals surface area (Å²) in [5.41, 5.74) is 0.427. The highest BCUT2D eigenvalue weighted by molar-refractivity contribution is 5.80. The molecule has 1 aromatic carbocycles. The molecule has 0 aliphatic heterocycles. The molecule has 0 saturated heterocycles. The van der Waals surface area contributed by atoms with Gasteiger partial charge in [0, 0.05) is 6.42 Å². The van der Waals surface area contributed by atoms with E-state index in [1.54, 1.807) is 19.2 Å². The van der Waals surface area contributed by atoms with Crippen molar-refractivity contribution in [1.29, 1.82) is 0 Å². The molecule has 2 aromatic rings.